The maximum Gasteiger partial charge on any atom is 0.0962 e. The Morgan fingerprint density at radius 1 is 1.82 bits per heavy atom. The monoisotopic (exact) mass is 156 g/mol. The van der Waals surface area contributed by atoms with E-state index in [4.69, 9.17) is 5.11 Å². The zero-order valence-electron chi connectivity index (χ0n) is 6.41. The SMILES string of the molecule is CC(CO)NCc1cn[nH]n1. The molecule has 0 radical (unpaired) electrons. The van der Waals surface area contributed by atoms with Gasteiger partial charge in [0.05, 0.1) is 18.5 Å². The first-order valence-electron chi connectivity index (χ1n) is 3.52. The van der Waals surface area contributed by atoms with Gasteiger partial charge in [-0.2, -0.15) is 15.4 Å². The Morgan fingerprint density at radius 3 is 3.18 bits per heavy atom. The molecule has 0 aliphatic carbocycles. The molecule has 5 heteroatoms. The van der Waals surface area contributed by atoms with Crippen LogP contribution in [-0.4, -0.2) is 33.2 Å². The van der Waals surface area contributed by atoms with Gasteiger partial charge in [-0.15, -0.1) is 0 Å². The predicted octanol–water partition coefficient (Wildman–Crippen LogP) is -0.725. The Morgan fingerprint density at radius 2 is 2.64 bits per heavy atom. The largest absolute Gasteiger partial charge is 0.395 e. The lowest BCUT2D eigenvalue weighted by molar-refractivity contribution is 0.250. The second kappa shape index (κ2) is 4.05. The number of hydrogen-bond donors (Lipinski definition) is 3. The lowest BCUT2D eigenvalue weighted by Gasteiger charge is -2.07. The Bertz CT molecular complexity index is 186. The normalized spacial score (nSPS) is 13.3. The highest BCUT2D eigenvalue weighted by Gasteiger charge is 1.99. The molecule has 1 heterocycles. The third-order valence-electron chi connectivity index (χ3n) is 1.37. The van der Waals surface area contributed by atoms with Gasteiger partial charge in [-0.1, -0.05) is 0 Å². The molecule has 0 aliphatic heterocycles. The second-order valence-electron chi connectivity index (χ2n) is 2.43. The lowest BCUT2D eigenvalue weighted by atomic mass is 10.3. The molecule has 62 valence electrons. The first-order chi connectivity index (χ1) is 5.33. The number of aromatic nitrogens is 3. The molecule has 11 heavy (non-hydrogen) atoms. The standard InChI is InChI=1S/C6H12N4O/c1-5(4-11)7-2-6-3-8-10-9-6/h3,5,7,11H,2,4H2,1H3,(H,8,9,10). The molecule has 0 spiro atoms. The number of H-pyrrole nitrogens is 1. The third kappa shape index (κ3) is 2.65. The van der Waals surface area contributed by atoms with E-state index >= 15 is 0 Å². The first kappa shape index (κ1) is 8.16. The summed E-state index contributed by atoms with van der Waals surface area (Å²) >= 11 is 0. The summed E-state index contributed by atoms with van der Waals surface area (Å²) in [6.45, 7) is 2.68. The summed E-state index contributed by atoms with van der Waals surface area (Å²) in [6, 6.07) is 0.103. The Hall–Kier alpha value is -0.940. The molecule has 1 atom stereocenters. The Labute approximate surface area is 64.8 Å². The van der Waals surface area contributed by atoms with Crippen LogP contribution in [-0.2, 0) is 6.54 Å². The zero-order valence-corrected chi connectivity index (χ0v) is 6.41. The summed E-state index contributed by atoms with van der Waals surface area (Å²) in [5.74, 6) is 0. The van der Waals surface area contributed by atoms with Gasteiger partial charge in [0, 0.05) is 12.6 Å². The summed E-state index contributed by atoms with van der Waals surface area (Å²) in [7, 11) is 0. The van der Waals surface area contributed by atoms with Crippen molar-refractivity contribution < 1.29 is 5.11 Å². The van der Waals surface area contributed by atoms with Crippen LogP contribution in [0.25, 0.3) is 0 Å². The number of nitrogens with one attached hydrogen (secondary N) is 2. The third-order valence-corrected chi connectivity index (χ3v) is 1.37. The highest BCUT2D eigenvalue weighted by Crippen LogP contribution is 1.88. The van der Waals surface area contributed by atoms with E-state index in [0.29, 0.717) is 6.54 Å². The van der Waals surface area contributed by atoms with Crippen molar-refractivity contribution in [1.29, 1.82) is 0 Å². The highest BCUT2D eigenvalue weighted by atomic mass is 16.3. The van der Waals surface area contributed by atoms with Gasteiger partial charge in [0.15, 0.2) is 0 Å². The summed E-state index contributed by atoms with van der Waals surface area (Å²) in [4.78, 5) is 0. The number of aliphatic hydroxyl groups is 1. The van der Waals surface area contributed by atoms with E-state index in [0.717, 1.165) is 5.69 Å². The van der Waals surface area contributed by atoms with Crippen molar-refractivity contribution in [2.24, 2.45) is 0 Å². The van der Waals surface area contributed by atoms with Crippen LogP contribution in [0.15, 0.2) is 6.20 Å². The maximum atomic E-state index is 8.66. The maximum absolute atomic E-state index is 8.66. The molecule has 0 bridgehead atoms. The van der Waals surface area contributed by atoms with E-state index in [1.807, 2.05) is 6.92 Å². The minimum absolute atomic E-state index is 0.103. The van der Waals surface area contributed by atoms with Crippen LogP contribution in [0.2, 0.25) is 0 Å². The van der Waals surface area contributed by atoms with Crippen LogP contribution in [0.5, 0.6) is 0 Å². The number of nitrogens with zero attached hydrogens (tertiary/aromatic N) is 2. The van der Waals surface area contributed by atoms with Gasteiger partial charge in [-0.3, -0.25) is 0 Å². The summed E-state index contributed by atoms with van der Waals surface area (Å²) in [6.07, 6.45) is 1.65. The van der Waals surface area contributed by atoms with Gasteiger partial charge >= 0.3 is 0 Å². The molecule has 1 unspecified atom stereocenters. The van der Waals surface area contributed by atoms with E-state index in [-0.39, 0.29) is 12.6 Å². The van der Waals surface area contributed by atoms with Crippen molar-refractivity contribution in [3.8, 4) is 0 Å². The van der Waals surface area contributed by atoms with E-state index in [2.05, 4.69) is 20.7 Å². The summed E-state index contributed by atoms with van der Waals surface area (Å²) in [5.41, 5.74) is 0.852. The van der Waals surface area contributed by atoms with Crippen LogP contribution in [0, 0.1) is 0 Å². The van der Waals surface area contributed by atoms with Gasteiger partial charge in [-0.25, -0.2) is 0 Å². The molecule has 3 N–H and O–H groups in total. The minimum atomic E-state index is 0.103. The topological polar surface area (TPSA) is 73.8 Å². The number of rotatable bonds is 4. The van der Waals surface area contributed by atoms with Gasteiger partial charge < -0.3 is 10.4 Å². The molecular formula is C6H12N4O. The van der Waals surface area contributed by atoms with Crippen LogP contribution in [0.3, 0.4) is 0 Å². The van der Waals surface area contributed by atoms with Crippen LogP contribution < -0.4 is 5.32 Å². The predicted molar refractivity (Wildman–Crippen MR) is 39.8 cm³/mol. The fourth-order valence-electron chi connectivity index (χ4n) is 0.654. The molecule has 1 aromatic rings. The molecule has 0 aliphatic rings. The molecule has 0 saturated carbocycles. The van der Waals surface area contributed by atoms with E-state index in [1.54, 1.807) is 6.20 Å². The van der Waals surface area contributed by atoms with E-state index in [1.165, 1.54) is 0 Å². The molecule has 1 rings (SSSR count). The average molecular weight is 156 g/mol. The van der Waals surface area contributed by atoms with Gasteiger partial charge in [0.1, 0.15) is 0 Å². The molecule has 0 amide bonds. The molecular weight excluding hydrogens is 144 g/mol. The van der Waals surface area contributed by atoms with Crippen molar-refractivity contribution in [2.75, 3.05) is 6.61 Å². The van der Waals surface area contributed by atoms with Gasteiger partial charge in [0.25, 0.3) is 0 Å². The van der Waals surface area contributed by atoms with Crippen molar-refractivity contribution in [1.82, 2.24) is 20.7 Å². The van der Waals surface area contributed by atoms with Crippen LogP contribution in [0.1, 0.15) is 12.6 Å². The quantitative estimate of drug-likeness (QED) is 0.537. The minimum Gasteiger partial charge on any atom is -0.395 e. The number of aromatic amines is 1. The van der Waals surface area contributed by atoms with Crippen molar-refractivity contribution in [3.63, 3.8) is 0 Å². The van der Waals surface area contributed by atoms with E-state index in [9.17, 15) is 0 Å². The summed E-state index contributed by atoms with van der Waals surface area (Å²) in [5, 5.41) is 21.7. The highest BCUT2D eigenvalue weighted by molar-refractivity contribution is 4.89. The van der Waals surface area contributed by atoms with E-state index < -0.39 is 0 Å². The number of hydrogen-bond acceptors (Lipinski definition) is 4. The average Bonchev–Trinajstić information content (AvgIpc) is 2.52. The van der Waals surface area contributed by atoms with Gasteiger partial charge in [-0.05, 0) is 6.92 Å². The van der Waals surface area contributed by atoms with Crippen molar-refractivity contribution in [3.05, 3.63) is 11.9 Å². The lowest BCUT2D eigenvalue weighted by Crippen LogP contribution is -2.28. The molecule has 0 saturated heterocycles. The summed E-state index contributed by atoms with van der Waals surface area (Å²) < 4.78 is 0. The molecule has 0 aromatic carbocycles. The molecule has 5 nitrogen and oxygen atoms in total. The fourth-order valence-corrected chi connectivity index (χ4v) is 0.654. The molecule has 1 aromatic heterocycles. The van der Waals surface area contributed by atoms with Crippen molar-refractivity contribution in [2.45, 2.75) is 19.5 Å². The number of aliphatic hydroxyl groups excluding tert-OH is 1. The zero-order chi connectivity index (χ0) is 8.10. The second-order valence-corrected chi connectivity index (χ2v) is 2.43. The van der Waals surface area contributed by atoms with Crippen LogP contribution >= 0.6 is 0 Å². The van der Waals surface area contributed by atoms with Crippen LogP contribution in [0.4, 0.5) is 0 Å². The smallest absolute Gasteiger partial charge is 0.0962 e. The fraction of sp³-hybridized carbons (Fsp3) is 0.667. The Kier molecular flexibility index (Phi) is 3.00. The Balaban J connectivity index is 2.23. The van der Waals surface area contributed by atoms with Gasteiger partial charge in [0.2, 0.25) is 0 Å². The van der Waals surface area contributed by atoms with Crippen molar-refractivity contribution >= 4 is 0 Å². The molecule has 0 fully saturated rings. The first-order valence-corrected chi connectivity index (χ1v) is 3.52.